The van der Waals surface area contributed by atoms with Gasteiger partial charge in [-0.2, -0.15) is 0 Å². The lowest BCUT2D eigenvalue weighted by molar-refractivity contribution is 0.457. The molecule has 0 spiro atoms. The molecule has 0 saturated carbocycles. The summed E-state index contributed by atoms with van der Waals surface area (Å²) in [5, 5.41) is 13.5. The summed E-state index contributed by atoms with van der Waals surface area (Å²) in [6.45, 7) is 1.89. The van der Waals surface area contributed by atoms with Crippen molar-refractivity contribution in [1.82, 2.24) is 5.32 Å². The molecule has 2 heterocycles. The standard InChI is InChI=1S/C19H16FNO2S2/c1-11-9-12(18-13(20)5-4-6-15(18)22)19-14(21-11)10-24-16-7-2-3-8-17(16)25(19)23/h2-9,12,21-22H,10H2,1H3. The molecule has 0 aromatic heterocycles. The van der Waals surface area contributed by atoms with Crippen LogP contribution >= 0.6 is 11.8 Å². The molecule has 2 unspecified atom stereocenters. The number of rotatable bonds is 1. The Morgan fingerprint density at radius 2 is 2.04 bits per heavy atom. The molecule has 0 aliphatic carbocycles. The number of halogens is 1. The van der Waals surface area contributed by atoms with Gasteiger partial charge in [0.1, 0.15) is 11.6 Å². The minimum absolute atomic E-state index is 0.120. The fourth-order valence-electron chi connectivity index (χ4n) is 3.23. The van der Waals surface area contributed by atoms with Crippen LogP contribution in [0.3, 0.4) is 0 Å². The Hall–Kier alpha value is -2.05. The van der Waals surface area contributed by atoms with Crippen LogP contribution in [0.2, 0.25) is 0 Å². The van der Waals surface area contributed by atoms with E-state index in [1.807, 2.05) is 37.3 Å². The van der Waals surface area contributed by atoms with Crippen LogP contribution < -0.4 is 5.32 Å². The van der Waals surface area contributed by atoms with E-state index in [9.17, 15) is 13.7 Å². The second kappa shape index (κ2) is 6.35. The lowest BCUT2D eigenvalue weighted by atomic mass is 9.93. The summed E-state index contributed by atoms with van der Waals surface area (Å²) < 4.78 is 27.9. The number of hydrogen-bond donors (Lipinski definition) is 2. The first-order chi connectivity index (χ1) is 12.1. The van der Waals surface area contributed by atoms with Crippen LogP contribution in [0.5, 0.6) is 5.75 Å². The predicted octanol–water partition coefficient (Wildman–Crippen LogP) is 4.25. The zero-order valence-electron chi connectivity index (χ0n) is 13.5. The Morgan fingerprint density at radius 3 is 2.84 bits per heavy atom. The number of aromatic hydroxyl groups is 1. The van der Waals surface area contributed by atoms with E-state index in [1.54, 1.807) is 11.8 Å². The third-order valence-electron chi connectivity index (χ3n) is 4.31. The summed E-state index contributed by atoms with van der Waals surface area (Å²) in [7, 11) is -1.44. The smallest absolute Gasteiger partial charge is 0.131 e. The molecule has 6 heteroatoms. The van der Waals surface area contributed by atoms with Crippen LogP contribution in [0.25, 0.3) is 0 Å². The summed E-state index contributed by atoms with van der Waals surface area (Å²) in [6.07, 6.45) is 1.83. The minimum Gasteiger partial charge on any atom is -0.508 e. The van der Waals surface area contributed by atoms with Crippen molar-refractivity contribution in [2.45, 2.75) is 22.6 Å². The van der Waals surface area contributed by atoms with Gasteiger partial charge < -0.3 is 10.4 Å². The van der Waals surface area contributed by atoms with E-state index in [0.29, 0.717) is 10.7 Å². The molecule has 0 fully saturated rings. The first-order valence-corrected chi connectivity index (χ1v) is 9.99. The summed E-state index contributed by atoms with van der Waals surface area (Å²) in [5.74, 6) is -0.561. The van der Waals surface area contributed by atoms with Crippen LogP contribution in [-0.4, -0.2) is 15.1 Å². The highest BCUT2D eigenvalue weighted by Gasteiger charge is 2.34. The van der Waals surface area contributed by atoms with Crippen molar-refractivity contribution in [3.63, 3.8) is 0 Å². The highest BCUT2D eigenvalue weighted by atomic mass is 32.2. The quantitative estimate of drug-likeness (QED) is 0.785. The number of hydrogen-bond acceptors (Lipinski definition) is 4. The summed E-state index contributed by atoms with van der Waals surface area (Å²) in [6, 6.07) is 11.8. The van der Waals surface area contributed by atoms with Crippen molar-refractivity contribution in [1.29, 1.82) is 0 Å². The molecule has 2 N–H and O–H groups in total. The average molecular weight is 373 g/mol. The van der Waals surface area contributed by atoms with Gasteiger partial charge in [-0.1, -0.05) is 24.3 Å². The zero-order chi connectivity index (χ0) is 17.6. The molecular weight excluding hydrogens is 357 g/mol. The van der Waals surface area contributed by atoms with Gasteiger partial charge in [0.25, 0.3) is 0 Å². The van der Waals surface area contributed by atoms with E-state index in [4.69, 9.17) is 0 Å². The molecule has 4 rings (SSSR count). The third kappa shape index (κ3) is 2.79. The normalized spacial score (nSPS) is 22.4. The highest BCUT2D eigenvalue weighted by molar-refractivity contribution is 8.00. The molecule has 0 bridgehead atoms. The number of nitrogens with one attached hydrogen (secondary N) is 1. The summed E-state index contributed by atoms with van der Waals surface area (Å²) in [4.78, 5) is 2.31. The number of phenolic OH excluding ortho intramolecular Hbond substituents is 1. The zero-order valence-corrected chi connectivity index (χ0v) is 15.1. The third-order valence-corrected chi connectivity index (χ3v) is 7.19. The van der Waals surface area contributed by atoms with Crippen LogP contribution in [-0.2, 0) is 10.8 Å². The molecule has 0 radical (unpaired) electrons. The lowest BCUT2D eigenvalue weighted by Gasteiger charge is -2.27. The Bertz CT molecular complexity index is 932. The molecule has 2 aliphatic heterocycles. The van der Waals surface area contributed by atoms with E-state index in [0.717, 1.165) is 21.2 Å². The van der Waals surface area contributed by atoms with Gasteiger partial charge >= 0.3 is 0 Å². The topological polar surface area (TPSA) is 49.3 Å². The van der Waals surface area contributed by atoms with Gasteiger partial charge in [-0.3, -0.25) is 0 Å². The van der Waals surface area contributed by atoms with Crippen molar-refractivity contribution in [3.8, 4) is 5.75 Å². The highest BCUT2D eigenvalue weighted by Crippen LogP contribution is 2.45. The maximum atomic E-state index is 14.5. The first-order valence-electron chi connectivity index (χ1n) is 7.85. The summed E-state index contributed by atoms with van der Waals surface area (Å²) in [5.41, 5.74) is 1.86. The molecular formula is C19H16FNO2S2. The largest absolute Gasteiger partial charge is 0.508 e. The van der Waals surface area contributed by atoms with E-state index >= 15 is 0 Å². The Labute approximate surface area is 152 Å². The monoisotopic (exact) mass is 373 g/mol. The van der Waals surface area contributed by atoms with Gasteiger partial charge in [0, 0.05) is 33.5 Å². The van der Waals surface area contributed by atoms with Crippen LogP contribution in [0, 0.1) is 5.82 Å². The Kier molecular flexibility index (Phi) is 4.17. The number of benzene rings is 2. The van der Waals surface area contributed by atoms with Crippen LogP contribution in [0.1, 0.15) is 18.4 Å². The molecule has 25 heavy (non-hydrogen) atoms. The van der Waals surface area contributed by atoms with Crippen molar-refractivity contribution in [2.24, 2.45) is 0 Å². The maximum absolute atomic E-state index is 14.5. The summed E-state index contributed by atoms with van der Waals surface area (Å²) >= 11 is 1.61. The van der Waals surface area contributed by atoms with E-state index in [2.05, 4.69) is 5.32 Å². The van der Waals surface area contributed by atoms with Gasteiger partial charge in [-0.15, -0.1) is 11.8 Å². The van der Waals surface area contributed by atoms with E-state index in [1.165, 1.54) is 18.2 Å². The van der Waals surface area contributed by atoms with Gasteiger partial charge in [0.05, 0.1) is 20.6 Å². The fourth-order valence-corrected chi connectivity index (χ4v) is 6.09. The maximum Gasteiger partial charge on any atom is 0.131 e. The Morgan fingerprint density at radius 1 is 1.24 bits per heavy atom. The molecule has 2 aromatic rings. The number of phenols is 1. The molecule has 2 atom stereocenters. The van der Waals surface area contributed by atoms with Gasteiger partial charge in [0.2, 0.25) is 0 Å². The van der Waals surface area contributed by atoms with Gasteiger partial charge in [-0.05, 0) is 31.2 Å². The fraction of sp³-hybridized carbons (Fsp3) is 0.158. The molecule has 2 aliphatic rings. The lowest BCUT2D eigenvalue weighted by Crippen LogP contribution is -2.24. The minimum atomic E-state index is -1.44. The molecule has 2 aromatic carbocycles. The van der Waals surface area contributed by atoms with E-state index < -0.39 is 22.5 Å². The number of thioether (sulfide) groups is 1. The van der Waals surface area contributed by atoms with Crippen molar-refractivity contribution in [3.05, 3.63) is 76.2 Å². The second-order valence-electron chi connectivity index (χ2n) is 5.97. The van der Waals surface area contributed by atoms with Crippen LogP contribution in [0.15, 0.2) is 74.6 Å². The molecule has 0 saturated heterocycles. The van der Waals surface area contributed by atoms with Crippen molar-refractivity contribution < 1.29 is 13.7 Å². The van der Waals surface area contributed by atoms with E-state index in [-0.39, 0.29) is 11.3 Å². The number of dihydropyridines is 1. The molecule has 128 valence electrons. The first kappa shape index (κ1) is 16.4. The average Bonchev–Trinajstić information content (AvgIpc) is 2.72. The van der Waals surface area contributed by atoms with Crippen molar-refractivity contribution >= 4 is 22.6 Å². The number of allylic oxidation sites excluding steroid dienone is 3. The van der Waals surface area contributed by atoms with Crippen LogP contribution in [0.4, 0.5) is 4.39 Å². The molecule has 3 nitrogen and oxygen atoms in total. The SMILES string of the molecule is CC1=CC(c2c(O)cccc2F)C2=C(CSc3ccccc3S2=O)N1. The number of fused-ring (bicyclic) bond motifs is 1. The second-order valence-corrected chi connectivity index (χ2v) is 8.41. The van der Waals surface area contributed by atoms with Crippen molar-refractivity contribution in [2.75, 3.05) is 5.75 Å². The van der Waals surface area contributed by atoms with Gasteiger partial charge in [0.15, 0.2) is 0 Å². The van der Waals surface area contributed by atoms with Gasteiger partial charge in [-0.25, -0.2) is 8.60 Å². The molecule has 0 amide bonds. The Balaban J connectivity index is 1.91. The predicted molar refractivity (Wildman–Crippen MR) is 98.3 cm³/mol.